The molecule has 12 heteroatoms. The molecule has 43 heavy (non-hydrogen) atoms. The van der Waals surface area contributed by atoms with E-state index in [9.17, 15) is 9.59 Å². The molecule has 1 saturated heterocycles. The Morgan fingerprint density at radius 2 is 1.98 bits per heavy atom. The SMILES string of the molecule is C[C@H]1CC[C@H](c2cccc(OC[C@@H](C)N(C)C)c2)N(C(=O)C(=O)Nc2cnc(N)c3cnn(COCC[Si](C)(C)C)c23)C1. The van der Waals surface area contributed by atoms with Gasteiger partial charge in [0.25, 0.3) is 0 Å². The number of nitrogen functional groups attached to an aromatic ring is 1. The number of nitrogens with one attached hydrogen (secondary N) is 1. The van der Waals surface area contributed by atoms with E-state index in [2.05, 4.69) is 53.8 Å². The maximum absolute atomic E-state index is 13.7. The van der Waals surface area contributed by atoms with Gasteiger partial charge in [-0.3, -0.25) is 9.59 Å². The molecule has 3 atom stereocenters. The number of hydrogen-bond donors (Lipinski definition) is 2. The first-order chi connectivity index (χ1) is 20.3. The molecule has 1 aliphatic rings. The number of pyridine rings is 1. The van der Waals surface area contributed by atoms with Crippen LogP contribution in [0.4, 0.5) is 11.5 Å². The summed E-state index contributed by atoms with van der Waals surface area (Å²) in [7, 11) is 2.79. The number of piperidine rings is 1. The smallest absolute Gasteiger partial charge is 0.314 e. The summed E-state index contributed by atoms with van der Waals surface area (Å²) in [6.45, 7) is 12.9. The van der Waals surface area contributed by atoms with Crippen molar-refractivity contribution in [3.8, 4) is 5.75 Å². The minimum Gasteiger partial charge on any atom is -0.492 e. The van der Waals surface area contributed by atoms with Gasteiger partial charge in [-0.15, -0.1) is 0 Å². The Bertz CT molecular complexity index is 1420. The summed E-state index contributed by atoms with van der Waals surface area (Å²) >= 11 is 0. The Kier molecular flexibility index (Phi) is 10.5. The van der Waals surface area contributed by atoms with Gasteiger partial charge in [0.2, 0.25) is 0 Å². The van der Waals surface area contributed by atoms with Crippen LogP contribution in [0.5, 0.6) is 5.75 Å². The number of carbonyl (C=O) groups is 2. The number of likely N-dealkylation sites (N-methyl/N-ethyl adjacent to an activating group) is 1. The van der Waals surface area contributed by atoms with E-state index in [-0.39, 0.29) is 24.7 Å². The number of benzene rings is 1. The molecule has 0 radical (unpaired) electrons. The molecule has 11 nitrogen and oxygen atoms in total. The molecule has 4 rings (SSSR count). The van der Waals surface area contributed by atoms with Gasteiger partial charge in [0.05, 0.1) is 35.0 Å². The third kappa shape index (κ3) is 8.33. The van der Waals surface area contributed by atoms with Gasteiger partial charge in [0.1, 0.15) is 24.9 Å². The van der Waals surface area contributed by atoms with Crippen molar-refractivity contribution in [1.29, 1.82) is 0 Å². The maximum Gasteiger partial charge on any atom is 0.314 e. The zero-order chi connectivity index (χ0) is 31.3. The molecule has 0 aliphatic carbocycles. The fourth-order valence-corrected chi connectivity index (χ4v) is 5.80. The lowest BCUT2D eigenvalue weighted by atomic mass is 9.89. The van der Waals surface area contributed by atoms with Crippen molar-refractivity contribution in [2.24, 2.45) is 5.92 Å². The van der Waals surface area contributed by atoms with Gasteiger partial charge in [-0.2, -0.15) is 5.10 Å². The van der Waals surface area contributed by atoms with E-state index in [1.807, 2.05) is 38.4 Å². The Balaban J connectivity index is 1.52. The number of anilines is 2. The van der Waals surface area contributed by atoms with E-state index in [0.29, 0.717) is 42.2 Å². The van der Waals surface area contributed by atoms with Crippen LogP contribution in [0.25, 0.3) is 10.9 Å². The average molecular weight is 610 g/mol. The Morgan fingerprint density at radius 1 is 1.21 bits per heavy atom. The Hall–Kier alpha value is -3.48. The highest BCUT2D eigenvalue weighted by atomic mass is 28.3. The van der Waals surface area contributed by atoms with Crippen molar-refractivity contribution >= 4 is 42.3 Å². The van der Waals surface area contributed by atoms with Crippen molar-refractivity contribution in [1.82, 2.24) is 24.6 Å². The first-order valence-corrected chi connectivity index (χ1v) is 18.7. The number of fused-ring (bicyclic) bond motifs is 1. The molecule has 0 bridgehead atoms. The molecule has 1 aromatic carbocycles. The van der Waals surface area contributed by atoms with E-state index in [1.165, 1.54) is 6.20 Å². The predicted octanol–water partition coefficient (Wildman–Crippen LogP) is 4.59. The van der Waals surface area contributed by atoms with Gasteiger partial charge < -0.3 is 30.3 Å². The van der Waals surface area contributed by atoms with E-state index in [4.69, 9.17) is 15.2 Å². The van der Waals surface area contributed by atoms with Gasteiger partial charge in [0, 0.05) is 27.3 Å². The molecule has 0 unspecified atom stereocenters. The van der Waals surface area contributed by atoms with Crippen LogP contribution in [-0.2, 0) is 21.1 Å². The van der Waals surface area contributed by atoms with Gasteiger partial charge in [-0.05, 0) is 63.5 Å². The van der Waals surface area contributed by atoms with Crippen molar-refractivity contribution < 1.29 is 19.1 Å². The van der Waals surface area contributed by atoms with Crippen molar-refractivity contribution in [3.63, 3.8) is 0 Å². The number of ether oxygens (including phenoxy) is 2. The summed E-state index contributed by atoms with van der Waals surface area (Å²) < 4.78 is 13.6. The highest BCUT2D eigenvalue weighted by molar-refractivity contribution is 6.76. The number of hydrogen-bond acceptors (Lipinski definition) is 8. The zero-order valence-electron chi connectivity index (χ0n) is 26.6. The van der Waals surface area contributed by atoms with Crippen molar-refractivity contribution in [2.75, 3.05) is 44.9 Å². The number of carbonyl (C=O) groups excluding carboxylic acids is 2. The topological polar surface area (TPSA) is 128 Å². The quantitative estimate of drug-likeness (QED) is 0.184. The molecule has 3 N–H and O–H groups in total. The van der Waals surface area contributed by atoms with E-state index >= 15 is 0 Å². The molecule has 0 saturated carbocycles. The number of rotatable bonds is 11. The molecular weight excluding hydrogens is 562 g/mol. The summed E-state index contributed by atoms with van der Waals surface area (Å²) in [6.07, 6.45) is 4.79. The number of nitrogens with zero attached hydrogens (tertiary/aromatic N) is 5. The Labute approximate surface area is 255 Å². The van der Waals surface area contributed by atoms with Crippen LogP contribution in [-0.4, -0.2) is 84.3 Å². The summed E-state index contributed by atoms with van der Waals surface area (Å²) in [5.41, 5.74) is 8.01. The predicted molar refractivity (Wildman–Crippen MR) is 173 cm³/mol. The van der Waals surface area contributed by atoms with Crippen LogP contribution in [0.3, 0.4) is 0 Å². The first kappa shape index (κ1) is 32.4. The van der Waals surface area contributed by atoms with Crippen LogP contribution < -0.4 is 15.8 Å². The fourth-order valence-electron chi connectivity index (χ4n) is 5.05. The summed E-state index contributed by atoms with van der Waals surface area (Å²) in [4.78, 5) is 35.2. The Morgan fingerprint density at radius 3 is 2.70 bits per heavy atom. The van der Waals surface area contributed by atoms with Crippen molar-refractivity contribution in [3.05, 3.63) is 42.2 Å². The van der Waals surface area contributed by atoms with Crippen LogP contribution >= 0.6 is 0 Å². The number of amides is 2. The second-order valence-electron chi connectivity index (χ2n) is 13.1. The lowest BCUT2D eigenvalue weighted by molar-refractivity contribution is -0.146. The summed E-state index contributed by atoms with van der Waals surface area (Å²) in [6, 6.07) is 8.88. The average Bonchev–Trinajstić information content (AvgIpc) is 3.39. The molecular formula is C31H47N7O4Si. The van der Waals surface area contributed by atoms with Crippen molar-refractivity contribution in [2.45, 2.75) is 71.2 Å². The molecule has 0 spiro atoms. The molecule has 234 valence electrons. The van der Waals surface area contributed by atoms with Crippen LogP contribution in [0.1, 0.15) is 38.3 Å². The second kappa shape index (κ2) is 13.9. The summed E-state index contributed by atoms with van der Waals surface area (Å²) in [5.74, 6) is -0.0110. The molecule has 2 aromatic heterocycles. The number of aromatic nitrogens is 3. The highest BCUT2D eigenvalue weighted by Gasteiger charge is 2.35. The largest absolute Gasteiger partial charge is 0.492 e. The van der Waals surface area contributed by atoms with E-state index in [0.717, 1.165) is 30.2 Å². The molecule has 3 aromatic rings. The highest BCUT2D eigenvalue weighted by Crippen LogP contribution is 2.35. The number of likely N-dealkylation sites (tertiary alicyclic amines) is 1. The standard InChI is InChI=1S/C31H47N7O4Si/c1-21-11-12-27(23-9-8-10-24(15-23)42-19-22(2)36(3)4)37(18-21)31(40)30(39)35-26-17-33-29(32)25-16-34-38(28(25)26)20-41-13-14-43(5,6)7/h8-10,15-17,21-22,27H,11-14,18-20H2,1-7H3,(H2,32,33)(H,35,39)/t21-,22+,27+/m0/s1. The van der Waals surface area contributed by atoms with Crippen LogP contribution in [0.15, 0.2) is 36.7 Å². The van der Waals surface area contributed by atoms with E-state index < -0.39 is 19.9 Å². The third-order valence-electron chi connectivity index (χ3n) is 8.05. The lowest BCUT2D eigenvalue weighted by Gasteiger charge is -2.38. The normalized spacial score (nSPS) is 18.2. The minimum atomic E-state index is -1.25. The van der Waals surface area contributed by atoms with E-state index in [1.54, 1.807) is 15.8 Å². The third-order valence-corrected chi connectivity index (χ3v) is 9.75. The zero-order valence-corrected chi connectivity index (χ0v) is 27.6. The minimum absolute atomic E-state index is 0.200. The van der Waals surface area contributed by atoms with Gasteiger partial charge in [-0.1, -0.05) is 38.7 Å². The lowest BCUT2D eigenvalue weighted by Crippen LogP contribution is -2.46. The number of nitrogens with two attached hydrogens (primary N) is 1. The molecule has 1 aliphatic heterocycles. The fraction of sp³-hybridized carbons (Fsp3) is 0.548. The summed E-state index contributed by atoms with van der Waals surface area (Å²) in [5, 5.41) is 7.81. The maximum atomic E-state index is 13.7. The van der Waals surface area contributed by atoms with Gasteiger partial charge in [-0.25, -0.2) is 9.67 Å². The van der Waals surface area contributed by atoms with Gasteiger partial charge in [0.15, 0.2) is 0 Å². The van der Waals surface area contributed by atoms with Gasteiger partial charge >= 0.3 is 11.8 Å². The van der Waals surface area contributed by atoms with Crippen LogP contribution in [0, 0.1) is 5.92 Å². The molecule has 3 heterocycles. The molecule has 2 amide bonds. The first-order valence-electron chi connectivity index (χ1n) is 15.0. The second-order valence-corrected chi connectivity index (χ2v) is 18.7. The molecule has 1 fully saturated rings. The van der Waals surface area contributed by atoms with Crippen LogP contribution in [0.2, 0.25) is 25.7 Å². The monoisotopic (exact) mass is 609 g/mol.